The van der Waals surface area contributed by atoms with Crippen molar-refractivity contribution < 1.29 is 22.7 Å². The van der Waals surface area contributed by atoms with Crippen LogP contribution in [0.25, 0.3) is 0 Å². The molecule has 1 rings (SSSR count). The van der Waals surface area contributed by atoms with Crippen molar-refractivity contribution in [1.29, 1.82) is 0 Å². The number of benzene rings is 1. The fourth-order valence-corrected chi connectivity index (χ4v) is 1.15. The van der Waals surface area contributed by atoms with Crippen molar-refractivity contribution in [1.82, 2.24) is 0 Å². The Labute approximate surface area is 84.3 Å². The minimum Gasteiger partial charge on any atom is -0.393 e. The third-order valence-electron chi connectivity index (χ3n) is 1.94. The first kappa shape index (κ1) is 12.0. The van der Waals surface area contributed by atoms with Gasteiger partial charge in [-0.15, -0.1) is 0 Å². The lowest BCUT2D eigenvalue weighted by molar-refractivity contribution is -0.137. The summed E-state index contributed by atoms with van der Waals surface area (Å²) >= 11 is 0. The molecule has 0 spiro atoms. The highest BCUT2D eigenvalue weighted by Gasteiger charge is 2.29. The summed E-state index contributed by atoms with van der Waals surface area (Å²) in [6.45, 7) is -0.624. The monoisotopic (exact) mass is 222 g/mol. The van der Waals surface area contributed by atoms with Crippen molar-refractivity contribution in [3.8, 4) is 0 Å². The van der Waals surface area contributed by atoms with Crippen LogP contribution in [0.1, 0.15) is 11.1 Å². The molecule has 0 fully saturated rings. The van der Waals surface area contributed by atoms with Crippen LogP contribution in [0, 0.1) is 0 Å². The summed E-state index contributed by atoms with van der Waals surface area (Å²) in [5, 5.41) is 8.42. The average molecular weight is 222 g/mol. The minimum absolute atomic E-state index is 0.0748. The van der Waals surface area contributed by atoms with Crippen molar-refractivity contribution in [3.05, 3.63) is 35.4 Å². The molecule has 84 valence electrons. The van der Waals surface area contributed by atoms with Gasteiger partial charge in [-0.1, -0.05) is 12.1 Å². The highest BCUT2D eigenvalue weighted by Crippen LogP contribution is 2.29. The predicted molar refractivity (Wildman–Crippen MR) is 47.1 cm³/mol. The Hall–Kier alpha value is -1.10. The first-order valence-electron chi connectivity index (χ1n) is 4.34. The fraction of sp³-hybridized carbons (Fsp3) is 0.400. The molecule has 1 N–H and O–H groups in total. The molecular weight excluding hydrogens is 212 g/mol. The second kappa shape index (κ2) is 4.61. The zero-order valence-electron chi connectivity index (χ0n) is 7.76. The minimum atomic E-state index is -4.37. The molecule has 0 aliphatic heterocycles. The van der Waals surface area contributed by atoms with E-state index in [2.05, 4.69) is 0 Å². The standard InChI is InChI=1S/C10H10F4O/c11-9(6-15)5-7-1-3-8(4-2-7)10(12,13)14/h1-4,9,15H,5-6H2. The van der Waals surface area contributed by atoms with Gasteiger partial charge in [0.1, 0.15) is 6.17 Å². The molecule has 0 aliphatic carbocycles. The van der Waals surface area contributed by atoms with E-state index in [9.17, 15) is 17.6 Å². The van der Waals surface area contributed by atoms with Gasteiger partial charge >= 0.3 is 6.18 Å². The second-order valence-corrected chi connectivity index (χ2v) is 3.18. The molecule has 1 aromatic carbocycles. The number of aliphatic hydroxyl groups excluding tert-OH is 1. The molecule has 0 radical (unpaired) electrons. The van der Waals surface area contributed by atoms with Crippen LogP contribution in [-0.4, -0.2) is 17.9 Å². The van der Waals surface area contributed by atoms with Crippen LogP contribution in [0.15, 0.2) is 24.3 Å². The number of hydrogen-bond acceptors (Lipinski definition) is 1. The third kappa shape index (κ3) is 3.51. The maximum absolute atomic E-state index is 12.7. The van der Waals surface area contributed by atoms with Crippen molar-refractivity contribution in [2.24, 2.45) is 0 Å². The first-order chi connectivity index (χ1) is 6.93. The van der Waals surface area contributed by atoms with Crippen LogP contribution < -0.4 is 0 Å². The summed E-state index contributed by atoms with van der Waals surface area (Å²) in [5.41, 5.74) is -0.324. The molecule has 1 atom stereocenters. The van der Waals surface area contributed by atoms with Crippen molar-refractivity contribution in [3.63, 3.8) is 0 Å². The molecule has 1 aromatic rings. The second-order valence-electron chi connectivity index (χ2n) is 3.18. The summed E-state index contributed by atoms with van der Waals surface area (Å²) in [6, 6.07) is 4.23. The Balaban J connectivity index is 2.73. The van der Waals surface area contributed by atoms with Crippen LogP contribution >= 0.6 is 0 Å². The topological polar surface area (TPSA) is 20.2 Å². The Morgan fingerprint density at radius 2 is 1.67 bits per heavy atom. The lowest BCUT2D eigenvalue weighted by atomic mass is 10.1. The molecule has 15 heavy (non-hydrogen) atoms. The normalized spacial score (nSPS) is 13.9. The van der Waals surface area contributed by atoms with E-state index in [-0.39, 0.29) is 6.42 Å². The van der Waals surface area contributed by atoms with E-state index in [0.717, 1.165) is 12.1 Å². The van der Waals surface area contributed by atoms with Gasteiger partial charge < -0.3 is 5.11 Å². The number of halogens is 4. The smallest absolute Gasteiger partial charge is 0.393 e. The highest BCUT2D eigenvalue weighted by molar-refractivity contribution is 5.25. The third-order valence-corrected chi connectivity index (χ3v) is 1.94. The Morgan fingerprint density at radius 3 is 2.07 bits per heavy atom. The van der Waals surface area contributed by atoms with E-state index in [1.165, 1.54) is 12.1 Å². The summed E-state index contributed by atoms with van der Waals surface area (Å²) in [4.78, 5) is 0. The van der Waals surface area contributed by atoms with Crippen molar-refractivity contribution in [2.45, 2.75) is 18.8 Å². The molecule has 0 saturated heterocycles. The van der Waals surface area contributed by atoms with E-state index in [1.54, 1.807) is 0 Å². The van der Waals surface area contributed by atoms with Gasteiger partial charge in [0.25, 0.3) is 0 Å². The molecule has 5 heteroatoms. The number of hydrogen-bond donors (Lipinski definition) is 1. The van der Waals surface area contributed by atoms with Crippen LogP contribution in [0.5, 0.6) is 0 Å². The molecule has 1 unspecified atom stereocenters. The quantitative estimate of drug-likeness (QED) is 0.779. The van der Waals surface area contributed by atoms with Crippen LogP contribution in [0.3, 0.4) is 0 Å². The Morgan fingerprint density at radius 1 is 1.13 bits per heavy atom. The summed E-state index contributed by atoms with van der Waals surface area (Å²) in [6.07, 6.45) is -5.87. The maximum Gasteiger partial charge on any atom is 0.416 e. The van der Waals surface area contributed by atoms with E-state index in [0.29, 0.717) is 5.56 Å². The maximum atomic E-state index is 12.7. The van der Waals surface area contributed by atoms with E-state index >= 15 is 0 Å². The molecule has 0 saturated carbocycles. The van der Waals surface area contributed by atoms with Crippen molar-refractivity contribution >= 4 is 0 Å². The highest BCUT2D eigenvalue weighted by atomic mass is 19.4. The number of alkyl halides is 4. The van der Waals surface area contributed by atoms with Gasteiger partial charge in [-0.25, -0.2) is 4.39 Å². The zero-order valence-corrected chi connectivity index (χ0v) is 7.76. The van der Waals surface area contributed by atoms with Crippen LogP contribution in [0.4, 0.5) is 17.6 Å². The first-order valence-corrected chi connectivity index (χ1v) is 4.34. The SMILES string of the molecule is OCC(F)Cc1ccc(C(F)(F)F)cc1. The number of rotatable bonds is 3. The Bertz CT molecular complexity index is 304. The lowest BCUT2D eigenvalue weighted by Crippen LogP contribution is -2.10. The van der Waals surface area contributed by atoms with Crippen molar-refractivity contribution in [2.75, 3.05) is 6.61 Å². The van der Waals surface area contributed by atoms with E-state index in [4.69, 9.17) is 5.11 Å². The van der Waals surface area contributed by atoms with Gasteiger partial charge in [0.2, 0.25) is 0 Å². The molecule has 1 nitrogen and oxygen atoms in total. The number of aliphatic hydroxyl groups is 1. The van der Waals surface area contributed by atoms with E-state index < -0.39 is 24.5 Å². The van der Waals surface area contributed by atoms with Gasteiger partial charge in [-0.3, -0.25) is 0 Å². The summed E-state index contributed by atoms with van der Waals surface area (Å²) in [7, 11) is 0. The van der Waals surface area contributed by atoms with E-state index in [1.807, 2.05) is 0 Å². The Kier molecular flexibility index (Phi) is 3.68. The van der Waals surface area contributed by atoms with Crippen LogP contribution in [-0.2, 0) is 12.6 Å². The van der Waals surface area contributed by atoms with Gasteiger partial charge in [0, 0.05) is 6.42 Å². The largest absolute Gasteiger partial charge is 0.416 e. The lowest BCUT2D eigenvalue weighted by Gasteiger charge is -2.08. The molecule has 0 amide bonds. The molecule has 0 aromatic heterocycles. The van der Waals surface area contributed by atoms with Gasteiger partial charge in [0.15, 0.2) is 0 Å². The molecular formula is C10H10F4O. The molecule has 0 heterocycles. The van der Waals surface area contributed by atoms with Gasteiger partial charge in [-0.2, -0.15) is 13.2 Å². The van der Waals surface area contributed by atoms with Gasteiger partial charge in [-0.05, 0) is 17.7 Å². The van der Waals surface area contributed by atoms with Crippen LogP contribution in [0.2, 0.25) is 0 Å². The fourth-order valence-electron chi connectivity index (χ4n) is 1.15. The average Bonchev–Trinajstić information content (AvgIpc) is 2.17. The predicted octanol–water partition coefficient (Wildman–Crippen LogP) is 2.58. The molecule has 0 bridgehead atoms. The molecule has 0 aliphatic rings. The summed E-state index contributed by atoms with van der Waals surface area (Å²) < 4.78 is 49.1. The summed E-state index contributed by atoms with van der Waals surface area (Å²) in [5.74, 6) is 0. The zero-order chi connectivity index (χ0) is 11.5. The van der Waals surface area contributed by atoms with Gasteiger partial charge in [0.05, 0.1) is 12.2 Å².